The standard InChI is InChI=1S/C38H30ClF3N12O8/c1-50-13-19-10-28(22(39)11-27(19)48-50)44-36-46-37(60)53(38(61)52(36)14-18-9-24(41)25(42)12-23(18)40)16-20-15-51(49-47-20)7-8-62-17-31(56)43-26-4-2-3-21-32(26)35(59)54(34(21)58)29-5-6-30(55)45-33(29)57/h2-4,9-13,15,29H,5-8,14,16-17H2,1H3,(H,43,56)(H,44,46,60)(H,45,55,57). The molecule has 20 nitrogen and oxygen atoms in total. The quantitative estimate of drug-likeness (QED) is 0.0855. The maximum atomic E-state index is 14.9. The first-order chi connectivity index (χ1) is 29.6. The van der Waals surface area contributed by atoms with E-state index in [1.807, 2.05) is 0 Å². The van der Waals surface area contributed by atoms with Gasteiger partial charge in [-0.05, 0) is 36.8 Å². The molecule has 0 aliphatic carbocycles. The number of fused-ring (bicyclic) bond motifs is 2. The second-order valence-electron chi connectivity index (χ2n) is 14.1. The lowest BCUT2D eigenvalue weighted by Gasteiger charge is -2.27. The van der Waals surface area contributed by atoms with Crippen LogP contribution in [0.4, 0.5) is 30.5 Å². The Morgan fingerprint density at radius 1 is 0.952 bits per heavy atom. The molecule has 0 spiro atoms. The topological polar surface area (TPSA) is 239 Å². The van der Waals surface area contributed by atoms with Gasteiger partial charge in [-0.1, -0.05) is 22.9 Å². The molecule has 318 valence electrons. The van der Waals surface area contributed by atoms with Gasteiger partial charge >= 0.3 is 11.4 Å². The average Bonchev–Trinajstić information content (AvgIpc) is 3.90. The molecule has 2 aliphatic rings. The van der Waals surface area contributed by atoms with Crippen LogP contribution in [-0.2, 0) is 45.8 Å². The first-order valence-electron chi connectivity index (χ1n) is 18.5. The number of hydrogen-bond acceptors (Lipinski definition) is 13. The molecule has 24 heteroatoms. The Balaban J connectivity index is 0.933. The van der Waals surface area contributed by atoms with Crippen LogP contribution < -0.4 is 27.3 Å². The molecule has 5 amide bonds. The van der Waals surface area contributed by atoms with Crippen molar-refractivity contribution in [2.24, 2.45) is 7.05 Å². The van der Waals surface area contributed by atoms with E-state index in [9.17, 15) is 46.7 Å². The molecule has 6 aromatic rings. The van der Waals surface area contributed by atoms with Crippen molar-refractivity contribution < 1.29 is 41.9 Å². The lowest BCUT2D eigenvalue weighted by atomic mass is 10.0. The van der Waals surface area contributed by atoms with E-state index in [2.05, 4.69) is 36.3 Å². The molecule has 3 N–H and O–H groups in total. The van der Waals surface area contributed by atoms with Crippen LogP contribution in [0.3, 0.4) is 0 Å². The fraction of sp³-hybridized carbons (Fsp3) is 0.237. The third kappa shape index (κ3) is 8.04. The van der Waals surface area contributed by atoms with Crippen LogP contribution in [0.2, 0.25) is 5.02 Å². The first-order valence-corrected chi connectivity index (χ1v) is 18.9. The van der Waals surface area contributed by atoms with Gasteiger partial charge in [-0.15, -0.1) is 5.10 Å². The number of benzene rings is 3. The highest BCUT2D eigenvalue weighted by molar-refractivity contribution is 6.34. The van der Waals surface area contributed by atoms with Crippen molar-refractivity contribution >= 4 is 69.4 Å². The number of halogens is 4. The fourth-order valence-corrected chi connectivity index (χ4v) is 7.16. The summed E-state index contributed by atoms with van der Waals surface area (Å²) >= 11 is 6.47. The predicted molar refractivity (Wildman–Crippen MR) is 209 cm³/mol. The highest BCUT2D eigenvalue weighted by Gasteiger charge is 2.45. The van der Waals surface area contributed by atoms with Crippen LogP contribution in [0.5, 0.6) is 0 Å². The molecule has 0 saturated carbocycles. The van der Waals surface area contributed by atoms with E-state index < -0.39 is 89.7 Å². The summed E-state index contributed by atoms with van der Waals surface area (Å²) in [6.45, 7) is -1.71. The number of imide groups is 2. The van der Waals surface area contributed by atoms with E-state index in [-0.39, 0.29) is 65.2 Å². The Kier molecular flexibility index (Phi) is 11.0. The van der Waals surface area contributed by atoms with E-state index in [0.29, 0.717) is 27.6 Å². The summed E-state index contributed by atoms with van der Waals surface area (Å²) in [7, 11) is 1.70. The van der Waals surface area contributed by atoms with Gasteiger partial charge in [0.05, 0.1) is 65.5 Å². The molecular weight excluding hydrogens is 845 g/mol. The van der Waals surface area contributed by atoms with Crippen LogP contribution in [-0.4, -0.2) is 92.6 Å². The number of nitrogens with one attached hydrogen (secondary N) is 3. The number of carbonyl (C=O) groups excluding carboxylic acids is 5. The van der Waals surface area contributed by atoms with Gasteiger partial charge < -0.3 is 15.4 Å². The number of aromatic nitrogens is 8. The van der Waals surface area contributed by atoms with Gasteiger partial charge in [0, 0.05) is 36.7 Å². The summed E-state index contributed by atoms with van der Waals surface area (Å²) in [6.07, 6.45) is 2.98. The smallest absolute Gasteiger partial charge is 0.355 e. The van der Waals surface area contributed by atoms with E-state index >= 15 is 0 Å². The molecule has 3 aromatic heterocycles. The summed E-state index contributed by atoms with van der Waals surface area (Å²) < 4.78 is 52.7. The molecule has 0 radical (unpaired) electrons. The van der Waals surface area contributed by atoms with Crippen LogP contribution >= 0.6 is 11.6 Å². The Morgan fingerprint density at radius 2 is 1.74 bits per heavy atom. The van der Waals surface area contributed by atoms with Crippen molar-refractivity contribution in [1.82, 2.24) is 49.1 Å². The van der Waals surface area contributed by atoms with Gasteiger partial charge in [0.2, 0.25) is 23.7 Å². The molecule has 1 saturated heterocycles. The largest absolute Gasteiger partial charge is 0.370 e. The lowest BCUT2D eigenvalue weighted by molar-refractivity contribution is -0.136. The summed E-state index contributed by atoms with van der Waals surface area (Å²) in [4.78, 5) is 95.3. The highest BCUT2D eigenvalue weighted by Crippen LogP contribution is 2.33. The zero-order valence-corrected chi connectivity index (χ0v) is 32.8. The lowest BCUT2D eigenvalue weighted by Crippen LogP contribution is -2.54. The SMILES string of the molecule is Cn1cc2cc(Nc3nc(=O)n(Cc4cn(CCOCC(=O)Nc5cccc6c5C(=O)N(C5CCC(=O)NC5=O)C6=O)nn4)c(=O)n3Cc3cc(F)c(F)cc3F)c(Cl)cc2n1. The van der Waals surface area contributed by atoms with Crippen molar-refractivity contribution in [2.45, 2.75) is 38.5 Å². The van der Waals surface area contributed by atoms with Crippen molar-refractivity contribution in [3.8, 4) is 0 Å². The number of rotatable bonds is 13. The average molecular weight is 875 g/mol. The Hall–Kier alpha value is -7.53. The Bertz CT molecular complexity index is 3000. The van der Waals surface area contributed by atoms with E-state index in [0.717, 1.165) is 9.47 Å². The molecule has 5 heterocycles. The number of carbonyl (C=O) groups is 5. The number of ether oxygens (including phenoxy) is 1. The number of piperidine rings is 1. The molecule has 2 aliphatic heterocycles. The van der Waals surface area contributed by atoms with Crippen molar-refractivity contribution in [2.75, 3.05) is 23.8 Å². The number of nitrogens with zero attached hydrogens (tertiary/aromatic N) is 9. The highest BCUT2D eigenvalue weighted by atomic mass is 35.5. The Morgan fingerprint density at radius 3 is 2.53 bits per heavy atom. The first kappa shape index (κ1) is 41.2. The minimum absolute atomic E-state index is 0.0165. The number of anilines is 3. The van der Waals surface area contributed by atoms with Crippen LogP contribution in [0.15, 0.2) is 64.4 Å². The molecule has 1 unspecified atom stereocenters. The zero-order chi connectivity index (χ0) is 44.0. The molecule has 8 rings (SSSR count). The molecule has 3 aromatic carbocycles. The van der Waals surface area contributed by atoms with Gasteiger partial charge in [-0.25, -0.2) is 32.0 Å². The summed E-state index contributed by atoms with van der Waals surface area (Å²) in [5.74, 6) is -7.87. The molecule has 1 fully saturated rings. The van der Waals surface area contributed by atoms with Crippen LogP contribution in [0.1, 0.15) is 44.8 Å². The second kappa shape index (κ2) is 16.5. The van der Waals surface area contributed by atoms with Gasteiger partial charge in [0.15, 0.2) is 11.6 Å². The normalized spacial score (nSPS) is 15.0. The van der Waals surface area contributed by atoms with Crippen molar-refractivity contribution in [3.63, 3.8) is 0 Å². The van der Waals surface area contributed by atoms with E-state index in [4.69, 9.17) is 16.3 Å². The van der Waals surface area contributed by atoms with Gasteiger partial charge in [-0.3, -0.25) is 43.4 Å². The third-order valence-corrected chi connectivity index (χ3v) is 10.2. The maximum absolute atomic E-state index is 14.9. The molecule has 0 bridgehead atoms. The number of aryl methyl sites for hydroxylation is 1. The van der Waals surface area contributed by atoms with Gasteiger partial charge in [-0.2, -0.15) is 10.1 Å². The van der Waals surface area contributed by atoms with E-state index in [1.54, 1.807) is 24.0 Å². The molecular formula is C38H30ClF3N12O8. The zero-order valence-electron chi connectivity index (χ0n) is 32.0. The number of hydrogen-bond donors (Lipinski definition) is 3. The summed E-state index contributed by atoms with van der Waals surface area (Å²) in [5.41, 5.74) is -1.78. The Labute approximate surface area is 349 Å². The summed E-state index contributed by atoms with van der Waals surface area (Å²) in [6, 6.07) is 7.08. The second-order valence-corrected chi connectivity index (χ2v) is 14.5. The number of amides is 5. The summed E-state index contributed by atoms with van der Waals surface area (Å²) in [5, 5.41) is 20.5. The predicted octanol–water partition coefficient (Wildman–Crippen LogP) is 1.85. The van der Waals surface area contributed by atoms with Crippen molar-refractivity contribution in [3.05, 3.63) is 121 Å². The van der Waals surface area contributed by atoms with E-state index in [1.165, 1.54) is 35.1 Å². The van der Waals surface area contributed by atoms with Crippen LogP contribution in [0, 0.1) is 17.5 Å². The molecule has 1 atom stereocenters. The van der Waals surface area contributed by atoms with Gasteiger partial charge in [0.1, 0.15) is 24.2 Å². The minimum atomic E-state index is -1.44. The van der Waals surface area contributed by atoms with Gasteiger partial charge in [0.25, 0.3) is 11.8 Å². The maximum Gasteiger partial charge on any atom is 0.355 e. The molecule has 62 heavy (non-hydrogen) atoms. The van der Waals surface area contributed by atoms with Crippen LogP contribution in [0.25, 0.3) is 10.9 Å². The van der Waals surface area contributed by atoms with Crippen molar-refractivity contribution in [1.29, 1.82) is 0 Å². The fourth-order valence-electron chi connectivity index (χ4n) is 6.95. The minimum Gasteiger partial charge on any atom is -0.370 e. The monoisotopic (exact) mass is 874 g/mol. The third-order valence-electron chi connectivity index (χ3n) is 9.87.